The molecule has 0 fully saturated rings. The molecule has 0 aliphatic heterocycles. The van der Waals surface area contributed by atoms with Gasteiger partial charge in [-0.2, -0.15) is 18.3 Å². The van der Waals surface area contributed by atoms with Crippen molar-refractivity contribution in [2.75, 3.05) is 0 Å². The highest BCUT2D eigenvalue weighted by Crippen LogP contribution is 2.33. The molecule has 2 nitrogen and oxygen atoms in total. The molecule has 1 aromatic carbocycles. The molecule has 0 N–H and O–H groups in total. The molecule has 0 bridgehead atoms. The Morgan fingerprint density at radius 2 is 1.68 bits per heavy atom. The van der Waals surface area contributed by atoms with Gasteiger partial charge >= 0.3 is 6.18 Å². The molecule has 5 heteroatoms. The minimum atomic E-state index is -4.32. The van der Waals surface area contributed by atoms with Gasteiger partial charge in [-0.05, 0) is 30.2 Å². The van der Waals surface area contributed by atoms with Crippen molar-refractivity contribution >= 4 is 0 Å². The van der Waals surface area contributed by atoms with Gasteiger partial charge in [-0.15, -0.1) is 0 Å². The molecule has 1 aromatic heterocycles. The smallest absolute Gasteiger partial charge is 0.275 e. The van der Waals surface area contributed by atoms with E-state index in [0.29, 0.717) is 16.7 Å². The van der Waals surface area contributed by atoms with Gasteiger partial charge in [0.2, 0.25) is 0 Å². The normalized spacial score (nSPS) is 10.9. The molecule has 0 spiro atoms. The zero-order chi connectivity index (χ0) is 14.6. The number of hydrogen-bond donors (Lipinski definition) is 0. The molecule has 1 heterocycles. The Bertz CT molecular complexity index is 542. The fourth-order valence-electron chi connectivity index (χ4n) is 1.68. The fraction of sp³-hybridized carbons (Fsp3) is 0.357. The van der Waals surface area contributed by atoms with Crippen LogP contribution in [-0.4, -0.2) is 9.78 Å². The van der Waals surface area contributed by atoms with E-state index in [1.807, 2.05) is 13.8 Å². The first-order chi connectivity index (χ1) is 8.86. The van der Waals surface area contributed by atoms with Gasteiger partial charge in [0.05, 0.1) is 11.8 Å². The molecular weight excluding hydrogens is 253 g/mol. The average Bonchev–Trinajstić information content (AvgIpc) is 2.77. The van der Waals surface area contributed by atoms with Crippen molar-refractivity contribution in [3.63, 3.8) is 0 Å². The predicted molar refractivity (Wildman–Crippen MR) is 69.7 cm³/mol. The molecule has 2 aromatic rings. The maximum Gasteiger partial charge on any atom is 0.416 e. The lowest BCUT2D eigenvalue weighted by molar-refractivity contribution is -0.137. The van der Waals surface area contributed by atoms with Crippen LogP contribution in [0.3, 0.4) is 0 Å². The number of nitrogens with zero attached hydrogens (tertiary/aromatic N) is 2. The molecule has 0 radical (unpaired) electrons. The first kappa shape index (κ1) is 15.3. The molecular formula is C14H17F3N2. The number of hydrogen-bond acceptors (Lipinski definition) is 1. The number of benzene rings is 1. The van der Waals surface area contributed by atoms with Crippen molar-refractivity contribution < 1.29 is 13.2 Å². The fourth-order valence-corrected chi connectivity index (χ4v) is 1.68. The molecule has 0 saturated carbocycles. The van der Waals surface area contributed by atoms with Crippen LogP contribution in [0.25, 0.3) is 11.1 Å². The largest absolute Gasteiger partial charge is 0.416 e. The van der Waals surface area contributed by atoms with E-state index in [-0.39, 0.29) is 0 Å². The first-order valence-electron chi connectivity index (χ1n) is 6.04. The standard InChI is InChI=1S/C12H11F3N2.C2H6/c1-8-3-9(10-6-16-17(2)7-10)5-11(4-8)12(13,14)15;1-2/h3-7H,1-2H3;1-2H3. The summed E-state index contributed by atoms with van der Waals surface area (Å²) in [4.78, 5) is 0. The van der Waals surface area contributed by atoms with Crippen molar-refractivity contribution in [3.05, 3.63) is 41.7 Å². The Kier molecular flexibility index (Phi) is 4.75. The highest BCUT2D eigenvalue weighted by Gasteiger charge is 2.31. The summed E-state index contributed by atoms with van der Waals surface area (Å²) in [6.07, 6.45) is -1.08. The second-order valence-electron chi connectivity index (χ2n) is 3.99. The maximum atomic E-state index is 12.6. The Labute approximate surface area is 110 Å². The van der Waals surface area contributed by atoms with Crippen LogP contribution >= 0.6 is 0 Å². The van der Waals surface area contributed by atoms with Crippen LogP contribution in [0.5, 0.6) is 0 Å². The Morgan fingerprint density at radius 1 is 1.05 bits per heavy atom. The van der Waals surface area contributed by atoms with Crippen LogP contribution in [0.15, 0.2) is 30.6 Å². The zero-order valence-electron chi connectivity index (χ0n) is 11.4. The molecule has 19 heavy (non-hydrogen) atoms. The van der Waals surface area contributed by atoms with Crippen molar-refractivity contribution in [2.45, 2.75) is 26.9 Å². The lowest BCUT2D eigenvalue weighted by Crippen LogP contribution is -2.05. The van der Waals surface area contributed by atoms with E-state index >= 15 is 0 Å². The summed E-state index contributed by atoms with van der Waals surface area (Å²) in [5.74, 6) is 0. The van der Waals surface area contributed by atoms with Gasteiger partial charge in [-0.25, -0.2) is 0 Å². The lowest BCUT2D eigenvalue weighted by atomic mass is 10.0. The van der Waals surface area contributed by atoms with Crippen LogP contribution in [-0.2, 0) is 13.2 Å². The molecule has 2 rings (SSSR count). The van der Waals surface area contributed by atoms with E-state index in [1.165, 1.54) is 0 Å². The van der Waals surface area contributed by atoms with Crippen LogP contribution in [0, 0.1) is 6.92 Å². The minimum absolute atomic E-state index is 0.533. The summed E-state index contributed by atoms with van der Waals surface area (Å²) in [6, 6.07) is 4.00. The van der Waals surface area contributed by atoms with Crippen molar-refractivity contribution in [2.24, 2.45) is 7.05 Å². The summed E-state index contributed by atoms with van der Waals surface area (Å²) >= 11 is 0. The Balaban J connectivity index is 0.000000861. The number of alkyl halides is 3. The van der Waals surface area contributed by atoms with Gasteiger partial charge in [-0.1, -0.05) is 19.9 Å². The quantitative estimate of drug-likeness (QED) is 0.749. The number of rotatable bonds is 1. The van der Waals surface area contributed by atoms with E-state index in [9.17, 15) is 13.2 Å². The summed E-state index contributed by atoms with van der Waals surface area (Å²) in [7, 11) is 1.73. The third-order valence-electron chi connectivity index (χ3n) is 2.44. The summed E-state index contributed by atoms with van der Waals surface area (Å²) in [6.45, 7) is 5.65. The highest BCUT2D eigenvalue weighted by molar-refractivity contribution is 5.63. The zero-order valence-corrected chi connectivity index (χ0v) is 11.4. The number of aryl methyl sites for hydroxylation is 2. The average molecular weight is 270 g/mol. The van der Waals surface area contributed by atoms with E-state index < -0.39 is 11.7 Å². The van der Waals surface area contributed by atoms with Crippen LogP contribution in [0.1, 0.15) is 25.0 Å². The lowest BCUT2D eigenvalue weighted by Gasteiger charge is -2.09. The van der Waals surface area contributed by atoms with E-state index in [4.69, 9.17) is 0 Å². The molecule has 0 atom stereocenters. The monoisotopic (exact) mass is 270 g/mol. The summed E-state index contributed by atoms with van der Waals surface area (Å²) in [5.41, 5.74) is 1.17. The predicted octanol–water partition coefficient (Wildman–Crippen LogP) is 4.44. The van der Waals surface area contributed by atoms with E-state index in [0.717, 1.165) is 12.1 Å². The Morgan fingerprint density at radius 3 is 2.16 bits per heavy atom. The van der Waals surface area contributed by atoms with Gasteiger partial charge in [0.1, 0.15) is 0 Å². The van der Waals surface area contributed by atoms with Crippen LogP contribution in [0.4, 0.5) is 13.2 Å². The maximum absolute atomic E-state index is 12.6. The third-order valence-corrected chi connectivity index (χ3v) is 2.44. The van der Waals surface area contributed by atoms with Gasteiger partial charge in [0, 0.05) is 18.8 Å². The van der Waals surface area contributed by atoms with Gasteiger partial charge in [0.25, 0.3) is 0 Å². The minimum Gasteiger partial charge on any atom is -0.275 e. The summed E-state index contributed by atoms with van der Waals surface area (Å²) < 4.78 is 39.5. The van der Waals surface area contributed by atoms with E-state index in [2.05, 4.69) is 5.10 Å². The second-order valence-corrected chi connectivity index (χ2v) is 3.99. The number of halogens is 3. The van der Waals surface area contributed by atoms with Gasteiger partial charge in [0.15, 0.2) is 0 Å². The number of aromatic nitrogens is 2. The third kappa shape index (κ3) is 3.84. The van der Waals surface area contributed by atoms with Crippen LogP contribution < -0.4 is 0 Å². The van der Waals surface area contributed by atoms with Crippen molar-refractivity contribution in [1.29, 1.82) is 0 Å². The first-order valence-corrected chi connectivity index (χ1v) is 6.04. The van der Waals surface area contributed by atoms with Gasteiger partial charge in [-0.3, -0.25) is 4.68 Å². The molecule has 0 unspecified atom stereocenters. The van der Waals surface area contributed by atoms with Crippen LogP contribution in [0.2, 0.25) is 0 Å². The van der Waals surface area contributed by atoms with Crippen molar-refractivity contribution in [1.82, 2.24) is 9.78 Å². The summed E-state index contributed by atoms with van der Waals surface area (Å²) in [5, 5.41) is 3.95. The highest BCUT2D eigenvalue weighted by atomic mass is 19.4. The van der Waals surface area contributed by atoms with E-state index in [1.54, 1.807) is 37.1 Å². The molecule has 0 aliphatic carbocycles. The van der Waals surface area contributed by atoms with Crippen molar-refractivity contribution in [3.8, 4) is 11.1 Å². The SMILES string of the molecule is CC.Cc1cc(-c2cnn(C)c2)cc(C(F)(F)F)c1. The molecule has 0 saturated heterocycles. The molecule has 0 aliphatic rings. The van der Waals surface area contributed by atoms with Gasteiger partial charge < -0.3 is 0 Å². The Hall–Kier alpha value is -1.78. The molecule has 104 valence electrons. The topological polar surface area (TPSA) is 17.8 Å². The molecule has 0 amide bonds. The second kappa shape index (κ2) is 5.91.